The number of hydrogen-bond donors (Lipinski definition) is 1. The standard InChI is InChI=1S/C34H34F3N3O3S/c1-3-34(41)40(26-14-11-24(35)12-15-26)32-18-13-25(36)21-30(32)28-8-6-9-31(37)29(28)17-16-27-22-38-19-20-39(27)44(42,43)33-10-5-4-7-23(33)2/h4-15,18,21,27,38H,3,16-17,19-20,22H2,1-2H3. The number of nitrogens with zero attached hydrogens (tertiary/aromatic N) is 2. The highest BCUT2D eigenvalue weighted by Gasteiger charge is 2.34. The van der Waals surface area contributed by atoms with Crippen LogP contribution in [-0.2, 0) is 21.2 Å². The third-order valence-electron chi connectivity index (χ3n) is 7.95. The van der Waals surface area contributed by atoms with Gasteiger partial charge < -0.3 is 5.32 Å². The molecule has 1 fully saturated rings. The van der Waals surface area contributed by atoms with Crippen molar-refractivity contribution >= 4 is 27.3 Å². The van der Waals surface area contributed by atoms with E-state index in [1.165, 1.54) is 63.8 Å². The maximum atomic E-state index is 15.6. The summed E-state index contributed by atoms with van der Waals surface area (Å²) in [6.07, 6.45) is 0.568. The van der Waals surface area contributed by atoms with Crippen LogP contribution in [0.25, 0.3) is 11.1 Å². The predicted molar refractivity (Wildman–Crippen MR) is 166 cm³/mol. The van der Waals surface area contributed by atoms with Gasteiger partial charge in [-0.3, -0.25) is 9.69 Å². The van der Waals surface area contributed by atoms with E-state index in [4.69, 9.17) is 0 Å². The second-order valence-corrected chi connectivity index (χ2v) is 12.6. The number of benzene rings is 4. The SMILES string of the molecule is CCC(=O)N(c1ccc(F)cc1)c1ccc(F)cc1-c1cccc(F)c1CCC1CNCCN1S(=O)(=O)c1ccccc1C. The van der Waals surface area contributed by atoms with Crippen LogP contribution in [0.5, 0.6) is 0 Å². The molecule has 1 amide bonds. The van der Waals surface area contributed by atoms with E-state index >= 15 is 4.39 Å². The number of hydrogen-bond acceptors (Lipinski definition) is 4. The molecule has 10 heteroatoms. The lowest BCUT2D eigenvalue weighted by Gasteiger charge is -2.35. The van der Waals surface area contributed by atoms with Gasteiger partial charge >= 0.3 is 0 Å². The molecular formula is C34H34F3N3O3S. The molecule has 0 aromatic heterocycles. The minimum Gasteiger partial charge on any atom is -0.314 e. The number of piperazine rings is 1. The van der Waals surface area contributed by atoms with E-state index in [2.05, 4.69) is 5.32 Å². The molecule has 1 saturated heterocycles. The highest BCUT2D eigenvalue weighted by Crippen LogP contribution is 2.39. The smallest absolute Gasteiger partial charge is 0.243 e. The molecule has 0 spiro atoms. The number of nitrogens with one attached hydrogen (secondary N) is 1. The summed E-state index contributed by atoms with van der Waals surface area (Å²) in [6.45, 7) is 4.59. The van der Waals surface area contributed by atoms with E-state index in [0.29, 0.717) is 42.0 Å². The first-order valence-corrected chi connectivity index (χ1v) is 16.0. The summed E-state index contributed by atoms with van der Waals surface area (Å²) in [4.78, 5) is 14.8. The van der Waals surface area contributed by atoms with Gasteiger partial charge in [-0.25, -0.2) is 21.6 Å². The summed E-state index contributed by atoms with van der Waals surface area (Å²) in [6, 6.07) is 20.2. The predicted octanol–water partition coefficient (Wildman–Crippen LogP) is 6.75. The summed E-state index contributed by atoms with van der Waals surface area (Å²) in [5, 5.41) is 3.25. The molecule has 230 valence electrons. The Hall–Kier alpha value is -3.99. The molecule has 4 aromatic rings. The van der Waals surface area contributed by atoms with Gasteiger partial charge in [0.25, 0.3) is 0 Å². The van der Waals surface area contributed by atoms with Gasteiger partial charge in [-0.15, -0.1) is 0 Å². The van der Waals surface area contributed by atoms with Gasteiger partial charge in [0, 0.05) is 43.3 Å². The lowest BCUT2D eigenvalue weighted by atomic mass is 9.92. The molecule has 44 heavy (non-hydrogen) atoms. The molecule has 5 rings (SSSR count). The molecule has 1 unspecified atom stereocenters. The van der Waals surface area contributed by atoms with E-state index in [0.717, 1.165) is 0 Å². The largest absolute Gasteiger partial charge is 0.314 e. The summed E-state index contributed by atoms with van der Waals surface area (Å²) in [5.74, 6) is -1.88. The molecule has 0 saturated carbocycles. The van der Waals surface area contributed by atoms with Crippen molar-refractivity contribution in [2.24, 2.45) is 0 Å². The number of carbonyl (C=O) groups excluding carboxylic acids is 1. The van der Waals surface area contributed by atoms with E-state index in [1.54, 1.807) is 44.2 Å². The molecule has 1 aliphatic heterocycles. The van der Waals surface area contributed by atoms with Crippen LogP contribution in [0.1, 0.15) is 30.9 Å². The normalized spacial score (nSPS) is 15.7. The van der Waals surface area contributed by atoms with Crippen LogP contribution in [-0.4, -0.2) is 44.3 Å². The van der Waals surface area contributed by atoms with Crippen LogP contribution >= 0.6 is 0 Å². The first-order valence-electron chi connectivity index (χ1n) is 14.6. The fourth-order valence-corrected chi connectivity index (χ4v) is 7.62. The maximum absolute atomic E-state index is 15.6. The minimum absolute atomic E-state index is 0.115. The first kappa shape index (κ1) is 31.4. The minimum atomic E-state index is -3.81. The number of amides is 1. The lowest BCUT2D eigenvalue weighted by molar-refractivity contribution is -0.117. The van der Waals surface area contributed by atoms with Gasteiger partial charge in [0.1, 0.15) is 17.5 Å². The third kappa shape index (κ3) is 6.43. The second kappa shape index (κ2) is 13.3. The third-order valence-corrected chi connectivity index (χ3v) is 10.1. The Morgan fingerprint density at radius 2 is 1.66 bits per heavy atom. The lowest BCUT2D eigenvalue weighted by Crippen LogP contribution is -2.53. The maximum Gasteiger partial charge on any atom is 0.243 e. The van der Waals surface area contributed by atoms with Gasteiger partial charge in [-0.05, 0) is 91.1 Å². The quantitative estimate of drug-likeness (QED) is 0.225. The number of carbonyl (C=O) groups is 1. The molecule has 0 radical (unpaired) electrons. The molecule has 0 aliphatic carbocycles. The molecule has 6 nitrogen and oxygen atoms in total. The van der Waals surface area contributed by atoms with Gasteiger partial charge in [-0.2, -0.15) is 4.31 Å². The van der Waals surface area contributed by atoms with Crippen LogP contribution in [0.3, 0.4) is 0 Å². The van der Waals surface area contributed by atoms with Crippen molar-refractivity contribution in [2.75, 3.05) is 24.5 Å². The zero-order valence-corrected chi connectivity index (χ0v) is 25.4. The molecule has 1 N–H and O–H groups in total. The van der Waals surface area contributed by atoms with Gasteiger partial charge in [0.15, 0.2) is 0 Å². The van der Waals surface area contributed by atoms with E-state index in [9.17, 15) is 22.0 Å². The van der Waals surface area contributed by atoms with Gasteiger partial charge in [0.05, 0.1) is 10.6 Å². The number of sulfonamides is 1. The number of halogens is 3. The topological polar surface area (TPSA) is 69.7 Å². The molecular weight excluding hydrogens is 587 g/mol. The van der Waals surface area contributed by atoms with Crippen LogP contribution in [0, 0.1) is 24.4 Å². The highest BCUT2D eigenvalue weighted by atomic mass is 32.2. The first-order chi connectivity index (χ1) is 21.1. The molecule has 0 bridgehead atoms. The van der Waals surface area contributed by atoms with Crippen molar-refractivity contribution in [3.05, 3.63) is 114 Å². The van der Waals surface area contributed by atoms with Crippen molar-refractivity contribution < 1.29 is 26.4 Å². The van der Waals surface area contributed by atoms with Crippen molar-refractivity contribution in [1.82, 2.24) is 9.62 Å². The molecule has 1 heterocycles. The Bertz CT molecular complexity index is 1760. The number of anilines is 2. The second-order valence-electron chi connectivity index (χ2n) is 10.8. The average molecular weight is 622 g/mol. The Labute approximate surface area is 256 Å². The van der Waals surface area contributed by atoms with E-state index in [-0.39, 0.29) is 41.3 Å². The average Bonchev–Trinajstić information content (AvgIpc) is 3.02. The summed E-state index contributed by atoms with van der Waals surface area (Å²) < 4.78 is 73.0. The van der Waals surface area contributed by atoms with Crippen LogP contribution in [0.15, 0.2) is 89.8 Å². The van der Waals surface area contributed by atoms with Crippen molar-refractivity contribution in [2.45, 2.75) is 44.0 Å². The van der Waals surface area contributed by atoms with E-state index in [1.807, 2.05) is 0 Å². The zero-order chi connectivity index (χ0) is 31.4. The summed E-state index contributed by atoms with van der Waals surface area (Å²) in [5.41, 5.74) is 2.30. The summed E-state index contributed by atoms with van der Waals surface area (Å²) in [7, 11) is -3.81. The zero-order valence-electron chi connectivity index (χ0n) is 24.6. The van der Waals surface area contributed by atoms with Crippen LogP contribution < -0.4 is 10.2 Å². The fourth-order valence-electron chi connectivity index (χ4n) is 5.74. The van der Waals surface area contributed by atoms with Crippen molar-refractivity contribution in [1.29, 1.82) is 0 Å². The van der Waals surface area contributed by atoms with Gasteiger partial charge in [0.2, 0.25) is 15.9 Å². The number of aryl methyl sites for hydroxylation is 1. The highest BCUT2D eigenvalue weighted by molar-refractivity contribution is 7.89. The Morgan fingerprint density at radius 1 is 0.932 bits per heavy atom. The molecule has 1 atom stereocenters. The Balaban J connectivity index is 1.53. The van der Waals surface area contributed by atoms with Crippen molar-refractivity contribution in [3.63, 3.8) is 0 Å². The summed E-state index contributed by atoms with van der Waals surface area (Å²) >= 11 is 0. The molecule has 4 aromatic carbocycles. The van der Waals surface area contributed by atoms with E-state index < -0.39 is 33.5 Å². The number of rotatable bonds is 9. The fraction of sp³-hybridized carbons (Fsp3) is 0.265. The Morgan fingerprint density at radius 3 is 2.39 bits per heavy atom. The Kier molecular flexibility index (Phi) is 9.53. The molecule has 1 aliphatic rings. The van der Waals surface area contributed by atoms with Crippen LogP contribution in [0.4, 0.5) is 24.5 Å². The van der Waals surface area contributed by atoms with Crippen LogP contribution in [0.2, 0.25) is 0 Å². The van der Waals surface area contributed by atoms with Gasteiger partial charge in [-0.1, -0.05) is 37.3 Å². The van der Waals surface area contributed by atoms with Crippen molar-refractivity contribution in [3.8, 4) is 11.1 Å². The monoisotopic (exact) mass is 621 g/mol.